The van der Waals surface area contributed by atoms with Crippen molar-refractivity contribution in [2.75, 3.05) is 13.7 Å². The summed E-state index contributed by atoms with van der Waals surface area (Å²) in [5.74, 6) is -4.99. The molecule has 1 aromatic carbocycles. The second kappa shape index (κ2) is 11.1. The van der Waals surface area contributed by atoms with Crippen LogP contribution in [0, 0.1) is 11.8 Å². The number of aliphatic hydroxyl groups is 2. The minimum atomic E-state index is -2.14. The minimum absolute atomic E-state index is 0.0314. The number of phenolic OH excluding ortho intramolecular Hbond substituents is 2. The van der Waals surface area contributed by atoms with Crippen LogP contribution in [0.4, 0.5) is 0 Å². The zero-order valence-corrected chi connectivity index (χ0v) is 15.6. The molecule has 28 heavy (non-hydrogen) atoms. The van der Waals surface area contributed by atoms with E-state index in [0.717, 1.165) is 7.11 Å². The van der Waals surface area contributed by atoms with Gasteiger partial charge in [0.2, 0.25) is 0 Å². The van der Waals surface area contributed by atoms with Crippen molar-refractivity contribution in [3.05, 3.63) is 35.4 Å². The van der Waals surface area contributed by atoms with Gasteiger partial charge in [-0.05, 0) is 30.2 Å². The van der Waals surface area contributed by atoms with Gasteiger partial charge in [0, 0.05) is 12.3 Å². The largest absolute Gasteiger partial charge is 0.504 e. The van der Waals surface area contributed by atoms with Gasteiger partial charge < -0.3 is 29.9 Å². The molecule has 4 N–H and O–H groups in total. The Morgan fingerprint density at radius 3 is 2.36 bits per heavy atom. The Bertz CT molecular complexity index is 724. The number of aliphatic hydroxyl groups excluding tert-OH is 1. The van der Waals surface area contributed by atoms with E-state index in [1.165, 1.54) is 25.1 Å². The summed E-state index contributed by atoms with van der Waals surface area (Å²) in [5, 5.41) is 37.8. The number of carbonyl (C=O) groups excluding carboxylic acids is 3. The Balaban J connectivity index is 2.81. The first-order valence-electron chi connectivity index (χ1n) is 8.46. The molecule has 0 radical (unpaired) electrons. The number of esters is 2. The SMILES string of the molecule is C/C=C(/C=O)[C@@H](CC(=O)OCCc1ccc(O)c(O)c1)[C@H](C(=O)OC)C(O)O. The highest BCUT2D eigenvalue weighted by Crippen LogP contribution is 2.28. The van der Waals surface area contributed by atoms with Crippen LogP contribution in [0.2, 0.25) is 0 Å². The summed E-state index contributed by atoms with van der Waals surface area (Å²) in [6.45, 7) is 1.45. The van der Waals surface area contributed by atoms with Gasteiger partial charge in [-0.2, -0.15) is 0 Å². The van der Waals surface area contributed by atoms with Crippen molar-refractivity contribution in [2.24, 2.45) is 11.8 Å². The number of rotatable bonds is 10. The third kappa shape index (κ3) is 6.36. The minimum Gasteiger partial charge on any atom is -0.504 e. The third-order valence-electron chi connectivity index (χ3n) is 4.21. The van der Waals surface area contributed by atoms with Crippen molar-refractivity contribution < 1.29 is 44.3 Å². The van der Waals surface area contributed by atoms with Crippen molar-refractivity contribution >= 4 is 18.2 Å². The van der Waals surface area contributed by atoms with Crippen LogP contribution in [-0.4, -0.2) is 58.7 Å². The molecule has 9 nitrogen and oxygen atoms in total. The van der Waals surface area contributed by atoms with Crippen LogP contribution in [0.5, 0.6) is 11.5 Å². The molecular formula is C19H24O9. The highest BCUT2D eigenvalue weighted by molar-refractivity contribution is 5.82. The molecular weight excluding hydrogens is 372 g/mol. The normalized spacial score (nSPS) is 13.7. The first kappa shape index (κ1) is 23.1. The number of benzene rings is 1. The molecule has 1 rings (SSSR count). The highest BCUT2D eigenvalue weighted by atomic mass is 16.5. The van der Waals surface area contributed by atoms with E-state index in [1.54, 1.807) is 6.07 Å². The highest BCUT2D eigenvalue weighted by Gasteiger charge is 2.38. The van der Waals surface area contributed by atoms with Crippen LogP contribution in [0.15, 0.2) is 29.8 Å². The molecule has 0 saturated carbocycles. The maximum Gasteiger partial charge on any atom is 0.314 e. The summed E-state index contributed by atoms with van der Waals surface area (Å²) in [6.07, 6.45) is -0.549. The Morgan fingerprint density at radius 2 is 1.86 bits per heavy atom. The molecule has 154 valence electrons. The molecule has 0 heterocycles. The average Bonchev–Trinajstić information content (AvgIpc) is 2.65. The van der Waals surface area contributed by atoms with E-state index >= 15 is 0 Å². The topological polar surface area (TPSA) is 151 Å². The third-order valence-corrected chi connectivity index (χ3v) is 4.21. The summed E-state index contributed by atoms with van der Waals surface area (Å²) < 4.78 is 9.62. The molecule has 0 aromatic heterocycles. The molecule has 0 saturated heterocycles. The molecule has 9 heteroatoms. The summed E-state index contributed by atoms with van der Waals surface area (Å²) in [4.78, 5) is 35.3. The zero-order valence-electron chi connectivity index (χ0n) is 15.6. The van der Waals surface area contributed by atoms with Crippen molar-refractivity contribution in [1.29, 1.82) is 0 Å². The molecule has 2 atom stereocenters. The Labute approximate surface area is 161 Å². The van der Waals surface area contributed by atoms with Gasteiger partial charge in [0.05, 0.1) is 20.1 Å². The number of allylic oxidation sites excluding steroid dienone is 2. The van der Waals surface area contributed by atoms with E-state index < -0.39 is 36.5 Å². The number of aromatic hydroxyl groups is 2. The molecule has 0 aliphatic rings. The van der Waals surface area contributed by atoms with E-state index in [9.17, 15) is 34.8 Å². The first-order valence-corrected chi connectivity index (χ1v) is 8.46. The van der Waals surface area contributed by atoms with Gasteiger partial charge in [-0.1, -0.05) is 12.1 Å². The van der Waals surface area contributed by atoms with Gasteiger partial charge in [0.1, 0.15) is 12.2 Å². The van der Waals surface area contributed by atoms with E-state index in [4.69, 9.17) is 4.74 Å². The van der Waals surface area contributed by atoms with Gasteiger partial charge in [0.15, 0.2) is 17.8 Å². The van der Waals surface area contributed by atoms with Crippen LogP contribution in [-0.2, 0) is 30.3 Å². The van der Waals surface area contributed by atoms with Gasteiger partial charge in [-0.3, -0.25) is 14.4 Å². The average molecular weight is 396 g/mol. The van der Waals surface area contributed by atoms with Crippen molar-refractivity contribution in [2.45, 2.75) is 26.1 Å². The molecule has 0 aliphatic heterocycles. The van der Waals surface area contributed by atoms with E-state index in [1.807, 2.05) is 0 Å². The summed E-state index contributed by atoms with van der Waals surface area (Å²) in [7, 11) is 1.05. The quantitative estimate of drug-likeness (QED) is 0.145. The summed E-state index contributed by atoms with van der Waals surface area (Å²) in [5.41, 5.74) is 0.642. The van der Waals surface area contributed by atoms with Gasteiger partial charge >= 0.3 is 11.9 Å². The predicted molar refractivity (Wildman–Crippen MR) is 96.1 cm³/mol. The van der Waals surface area contributed by atoms with Crippen LogP contribution in [0.25, 0.3) is 0 Å². The Morgan fingerprint density at radius 1 is 1.18 bits per heavy atom. The Kier molecular flexibility index (Phi) is 9.13. The van der Waals surface area contributed by atoms with Crippen molar-refractivity contribution in [3.63, 3.8) is 0 Å². The van der Waals surface area contributed by atoms with E-state index in [-0.39, 0.29) is 30.1 Å². The smallest absolute Gasteiger partial charge is 0.314 e. The fraction of sp³-hybridized carbons (Fsp3) is 0.421. The maximum absolute atomic E-state index is 12.2. The fourth-order valence-corrected chi connectivity index (χ4v) is 2.70. The van der Waals surface area contributed by atoms with Gasteiger partial charge in [-0.25, -0.2) is 0 Å². The molecule has 0 bridgehead atoms. The molecule has 0 fully saturated rings. The first-order chi connectivity index (χ1) is 13.2. The number of ether oxygens (including phenoxy) is 2. The standard InChI is InChI=1S/C19H24O9/c1-3-12(10-20)13(17(18(24)25)19(26)27-2)9-16(23)28-7-6-11-4-5-14(21)15(22)8-11/h3-5,8,10,13,17-18,21-22,24-25H,6-7,9H2,1-2H3/b12-3-/t13-,17+/m1/s1. The van der Waals surface area contributed by atoms with Crippen molar-refractivity contribution in [3.8, 4) is 11.5 Å². The second-order valence-corrected chi connectivity index (χ2v) is 5.97. The number of phenols is 2. The zero-order chi connectivity index (χ0) is 21.3. The fourth-order valence-electron chi connectivity index (χ4n) is 2.70. The molecule has 0 spiro atoms. The second-order valence-electron chi connectivity index (χ2n) is 5.97. The monoisotopic (exact) mass is 396 g/mol. The summed E-state index contributed by atoms with van der Waals surface area (Å²) in [6, 6.07) is 4.17. The predicted octanol–water partition coefficient (Wildman–Crippen LogP) is 0.435. The lowest BCUT2D eigenvalue weighted by Crippen LogP contribution is -2.38. The molecule has 0 unspecified atom stereocenters. The lowest BCUT2D eigenvalue weighted by atomic mass is 9.83. The van der Waals surface area contributed by atoms with Crippen molar-refractivity contribution in [1.82, 2.24) is 0 Å². The van der Waals surface area contributed by atoms with Gasteiger partial charge in [0.25, 0.3) is 0 Å². The lowest BCUT2D eigenvalue weighted by molar-refractivity contribution is -0.167. The number of carbonyl (C=O) groups is 3. The molecule has 0 amide bonds. The maximum atomic E-state index is 12.2. The molecule has 0 aliphatic carbocycles. The Hall–Kier alpha value is -2.91. The number of hydrogen-bond acceptors (Lipinski definition) is 9. The molecule has 1 aromatic rings. The van der Waals surface area contributed by atoms with Crippen LogP contribution < -0.4 is 0 Å². The van der Waals surface area contributed by atoms with Gasteiger partial charge in [-0.15, -0.1) is 0 Å². The number of methoxy groups -OCH3 is 1. The van der Waals surface area contributed by atoms with Crippen LogP contribution in [0.1, 0.15) is 18.9 Å². The van der Waals surface area contributed by atoms with Crippen LogP contribution >= 0.6 is 0 Å². The lowest BCUT2D eigenvalue weighted by Gasteiger charge is -2.26. The van der Waals surface area contributed by atoms with Crippen LogP contribution in [0.3, 0.4) is 0 Å². The number of aldehydes is 1. The summed E-state index contributed by atoms with van der Waals surface area (Å²) >= 11 is 0. The van der Waals surface area contributed by atoms with E-state index in [2.05, 4.69) is 4.74 Å². The number of hydrogen-bond donors (Lipinski definition) is 4. The van der Waals surface area contributed by atoms with E-state index in [0.29, 0.717) is 11.8 Å².